The van der Waals surface area contributed by atoms with Gasteiger partial charge in [0.05, 0.1) is 29.1 Å². The molecule has 1 saturated heterocycles. The van der Waals surface area contributed by atoms with Crippen molar-refractivity contribution < 1.29 is 31.5 Å². The minimum absolute atomic E-state index is 0.0255. The Morgan fingerprint density at radius 1 is 1.21 bits per heavy atom. The number of benzene rings is 1. The lowest BCUT2D eigenvalue weighted by atomic mass is 9.94. The molecule has 0 spiro atoms. The van der Waals surface area contributed by atoms with Gasteiger partial charge in [0.25, 0.3) is 5.91 Å². The Morgan fingerprint density at radius 2 is 1.87 bits per heavy atom. The molecule has 3 aromatic rings. The molecule has 210 valence electrons. The van der Waals surface area contributed by atoms with Crippen LogP contribution in [-0.4, -0.2) is 76.3 Å². The number of alkyl halides is 3. The molecule has 1 fully saturated rings. The summed E-state index contributed by atoms with van der Waals surface area (Å²) >= 11 is 6.04. The summed E-state index contributed by atoms with van der Waals surface area (Å²) in [7, 11) is -2.25. The Balaban J connectivity index is 1.39. The van der Waals surface area contributed by atoms with Crippen molar-refractivity contribution in [2.24, 2.45) is 5.92 Å². The van der Waals surface area contributed by atoms with Gasteiger partial charge < -0.3 is 14.9 Å². The number of sulfone groups is 1. The predicted octanol–water partition coefficient (Wildman–Crippen LogP) is 3.71. The van der Waals surface area contributed by atoms with Gasteiger partial charge in [-0.25, -0.2) is 17.9 Å². The summed E-state index contributed by atoms with van der Waals surface area (Å²) in [4.78, 5) is 19.8. The van der Waals surface area contributed by atoms with E-state index < -0.39 is 40.0 Å². The molecular formula is C25H27ClF3N5O4S. The number of rotatable bonds is 5. The third kappa shape index (κ3) is 5.44. The van der Waals surface area contributed by atoms with E-state index >= 15 is 0 Å². The smallest absolute Gasteiger partial charge is 0.383 e. The van der Waals surface area contributed by atoms with Crippen molar-refractivity contribution in [1.29, 1.82) is 0 Å². The molecule has 0 unspecified atom stereocenters. The fourth-order valence-corrected chi connectivity index (χ4v) is 7.13. The van der Waals surface area contributed by atoms with Gasteiger partial charge >= 0.3 is 6.18 Å². The number of hydrogen-bond acceptors (Lipinski definition) is 7. The van der Waals surface area contributed by atoms with Gasteiger partial charge in [0.1, 0.15) is 15.9 Å². The topological polar surface area (TPSA) is 108 Å². The Kier molecular flexibility index (Phi) is 7.27. The van der Waals surface area contributed by atoms with Crippen LogP contribution >= 0.6 is 11.6 Å². The molecule has 14 heteroatoms. The van der Waals surface area contributed by atoms with Gasteiger partial charge in [0.2, 0.25) is 0 Å². The van der Waals surface area contributed by atoms with Crippen LogP contribution in [0.15, 0.2) is 36.5 Å². The highest BCUT2D eigenvalue weighted by Gasteiger charge is 2.47. The summed E-state index contributed by atoms with van der Waals surface area (Å²) in [5, 5.41) is 15.2. The number of aliphatic hydroxyl groups excluding tert-OH is 1. The number of carbonyl (C=O) groups excluding carboxylic acids is 1. The lowest BCUT2D eigenvalue weighted by Crippen LogP contribution is -2.47. The number of fused-ring (bicyclic) bond motifs is 3. The molecule has 39 heavy (non-hydrogen) atoms. The van der Waals surface area contributed by atoms with Crippen LogP contribution in [0.4, 0.5) is 24.5 Å². The number of anilines is 2. The van der Waals surface area contributed by atoms with Crippen LogP contribution in [-0.2, 0) is 21.1 Å². The summed E-state index contributed by atoms with van der Waals surface area (Å²) in [5.74, 6) is -2.22. The normalized spacial score (nSPS) is 19.5. The van der Waals surface area contributed by atoms with E-state index in [1.54, 1.807) is 28.9 Å². The molecule has 9 nitrogen and oxygen atoms in total. The number of halogens is 4. The summed E-state index contributed by atoms with van der Waals surface area (Å²) < 4.78 is 67.7. The largest absolute Gasteiger partial charge is 0.413 e. The van der Waals surface area contributed by atoms with E-state index in [2.05, 4.69) is 10.1 Å². The van der Waals surface area contributed by atoms with Crippen molar-refractivity contribution in [3.8, 4) is 0 Å². The van der Waals surface area contributed by atoms with Crippen LogP contribution in [0, 0.1) is 5.92 Å². The standard InChI is InChI=1S/C25H27ClF3N5O4S/c1-32(24(36)22(35)15-8-11-39(37,38)12-9-15)23(25(27,28)29)16-4-6-17(7-5-16)33-10-2-3-18-19(33)14-30-21-13-20(26)31-34(18)21/h4-7,13-15,22-23,35H,2-3,8-12H2,1H3/t22-,23+/m1/s1. The average Bonchev–Trinajstić information content (AvgIpc) is 3.28. The second kappa shape index (κ2) is 10.3. The summed E-state index contributed by atoms with van der Waals surface area (Å²) in [6.07, 6.45) is -3.27. The summed E-state index contributed by atoms with van der Waals surface area (Å²) in [6.45, 7) is 0.624. The monoisotopic (exact) mass is 585 g/mol. The quantitative estimate of drug-likeness (QED) is 0.486. The van der Waals surface area contributed by atoms with E-state index in [9.17, 15) is 31.5 Å². The number of aromatic nitrogens is 3. The molecule has 4 heterocycles. The van der Waals surface area contributed by atoms with E-state index in [-0.39, 0.29) is 29.9 Å². The number of aliphatic hydroxyl groups is 1. The summed E-state index contributed by atoms with van der Waals surface area (Å²) in [6, 6.07) is 5.12. The fourth-order valence-electron chi connectivity index (χ4n) is 5.43. The van der Waals surface area contributed by atoms with E-state index in [4.69, 9.17) is 11.6 Å². The Hall–Kier alpha value is -2.90. The zero-order chi connectivity index (χ0) is 28.1. The van der Waals surface area contributed by atoms with E-state index in [1.807, 2.05) is 4.90 Å². The third-order valence-electron chi connectivity index (χ3n) is 7.48. The summed E-state index contributed by atoms with van der Waals surface area (Å²) in [5.41, 5.74) is 2.76. The lowest BCUT2D eigenvalue weighted by molar-refractivity contribution is -0.193. The van der Waals surface area contributed by atoms with Gasteiger partial charge in [0.15, 0.2) is 16.8 Å². The van der Waals surface area contributed by atoms with Crippen LogP contribution < -0.4 is 4.90 Å². The molecule has 2 aliphatic rings. The first-order chi connectivity index (χ1) is 18.4. The van der Waals surface area contributed by atoms with Gasteiger partial charge in [-0.15, -0.1) is 0 Å². The molecule has 2 aliphatic heterocycles. The van der Waals surface area contributed by atoms with Crippen molar-refractivity contribution >= 4 is 44.4 Å². The number of likely N-dealkylation sites (N-methyl/N-ethyl adjacent to an activating group) is 1. The molecule has 2 aromatic heterocycles. The van der Waals surface area contributed by atoms with Gasteiger partial charge in [-0.2, -0.15) is 18.3 Å². The van der Waals surface area contributed by atoms with Crippen molar-refractivity contribution in [3.63, 3.8) is 0 Å². The highest BCUT2D eigenvalue weighted by molar-refractivity contribution is 7.91. The molecule has 1 aromatic carbocycles. The first-order valence-electron chi connectivity index (χ1n) is 12.5. The number of carbonyl (C=O) groups is 1. The van der Waals surface area contributed by atoms with Crippen molar-refractivity contribution in [1.82, 2.24) is 19.5 Å². The Bertz CT molecular complexity index is 1480. The van der Waals surface area contributed by atoms with Gasteiger partial charge in [0, 0.05) is 25.3 Å². The van der Waals surface area contributed by atoms with Crippen LogP contribution in [0.1, 0.15) is 36.6 Å². The molecule has 0 bridgehead atoms. The number of nitrogens with zero attached hydrogens (tertiary/aromatic N) is 5. The Labute approximate surface area is 228 Å². The number of amides is 1. The first kappa shape index (κ1) is 27.7. The number of hydrogen-bond donors (Lipinski definition) is 1. The van der Waals surface area contributed by atoms with E-state index in [0.717, 1.165) is 31.3 Å². The highest BCUT2D eigenvalue weighted by Crippen LogP contribution is 2.40. The molecule has 2 atom stereocenters. The number of aryl methyl sites for hydroxylation is 1. The molecule has 1 N–H and O–H groups in total. The second-order valence-electron chi connectivity index (χ2n) is 10.0. The predicted molar refractivity (Wildman–Crippen MR) is 139 cm³/mol. The maximum atomic E-state index is 14.2. The maximum absolute atomic E-state index is 14.2. The minimum Gasteiger partial charge on any atom is -0.383 e. The molecular weight excluding hydrogens is 559 g/mol. The minimum atomic E-state index is -4.81. The van der Waals surface area contributed by atoms with Crippen LogP contribution in [0.3, 0.4) is 0 Å². The van der Waals surface area contributed by atoms with Crippen molar-refractivity contribution in [2.75, 3.05) is 30.0 Å². The fraction of sp³-hybridized carbons (Fsp3) is 0.480. The SMILES string of the molecule is CN(C(=O)[C@H](O)C1CCS(=O)(=O)CC1)[C@@H](c1ccc(N2CCCc3c2cnc2cc(Cl)nn32)cc1)C(F)(F)F. The van der Waals surface area contributed by atoms with Crippen molar-refractivity contribution in [3.05, 3.63) is 52.9 Å². The van der Waals surface area contributed by atoms with E-state index in [1.165, 1.54) is 12.1 Å². The zero-order valence-corrected chi connectivity index (χ0v) is 22.5. The third-order valence-corrected chi connectivity index (χ3v) is 9.38. The molecule has 0 radical (unpaired) electrons. The Morgan fingerprint density at radius 3 is 2.51 bits per heavy atom. The van der Waals surface area contributed by atoms with E-state index in [0.29, 0.717) is 27.9 Å². The second-order valence-corrected chi connectivity index (χ2v) is 12.7. The molecule has 0 aliphatic carbocycles. The molecule has 0 saturated carbocycles. The maximum Gasteiger partial charge on any atom is 0.413 e. The van der Waals surface area contributed by atoms with Crippen molar-refractivity contribution in [2.45, 2.75) is 44.0 Å². The first-order valence-corrected chi connectivity index (χ1v) is 14.7. The van der Waals surface area contributed by atoms with Gasteiger partial charge in [-0.3, -0.25) is 4.79 Å². The average molecular weight is 586 g/mol. The highest BCUT2D eigenvalue weighted by atomic mass is 35.5. The van der Waals surface area contributed by atoms with Gasteiger partial charge in [-0.1, -0.05) is 23.7 Å². The van der Waals surface area contributed by atoms with Crippen LogP contribution in [0.5, 0.6) is 0 Å². The zero-order valence-electron chi connectivity index (χ0n) is 21.0. The van der Waals surface area contributed by atoms with Gasteiger partial charge in [-0.05, 0) is 49.3 Å². The van der Waals surface area contributed by atoms with Crippen LogP contribution in [0.25, 0.3) is 5.65 Å². The van der Waals surface area contributed by atoms with Crippen LogP contribution in [0.2, 0.25) is 5.15 Å². The molecule has 5 rings (SSSR count). The lowest BCUT2D eigenvalue weighted by Gasteiger charge is -2.35. The molecule has 1 amide bonds.